The van der Waals surface area contributed by atoms with Crippen LogP contribution in [0.15, 0.2) is 52.1 Å². The Balaban J connectivity index is 1.72. The average Bonchev–Trinajstić information content (AvgIpc) is 3.24. The number of furan rings is 1. The Morgan fingerprint density at radius 3 is 2.88 bits per heavy atom. The van der Waals surface area contributed by atoms with Crippen LogP contribution in [0.4, 0.5) is 5.95 Å². The molecule has 0 atom stereocenters. The van der Waals surface area contributed by atoms with Crippen molar-refractivity contribution in [3.8, 4) is 5.75 Å². The van der Waals surface area contributed by atoms with E-state index in [1.165, 1.54) is 11.8 Å². The van der Waals surface area contributed by atoms with Crippen LogP contribution >= 0.6 is 0 Å². The Labute approximate surface area is 149 Å². The van der Waals surface area contributed by atoms with Crippen LogP contribution in [0.2, 0.25) is 0 Å². The van der Waals surface area contributed by atoms with Gasteiger partial charge in [0.2, 0.25) is 11.7 Å². The van der Waals surface area contributed by atoms with Crippen molar-refractivity contribution in [1.29, 1.82) is 0 Å². The molecule has 0 aliphatic heterocycles. The molecule has 0 amide bonds. The number of ether oxygens (including phenoxy) is 2. The number of nitrogens with two attached hydrogens (primary N) is 1. The van der Waals surface area contributed by atoms with Crippen molar-refractivity contribution >= 4 is 18.1 Å². The highest BCUT2D eigenvalue weighted by Gasteiger charge is 2.11. The Morgan fingerprint density at radius 2 is 2.15 bits per heavy atom. The Morgan fingerprint density at radius 1 is 1.35 bits per heavy atom. The van der Waals surface area contributed by atoms with Crippen molar-refractivity contribution in [2.45, 2.75) is 13.5 Å². The molecule has 134 valence electrons. The maximum atomic E-state index is 11.4. The molecule has 26 heavy (non-hydrogen) atoms. The molecule has 0 saturated carbocycles. The van der Waals surface area contributed by atoms with E-state index in [9.17, 15) is 4.79 Å². The fraction of sp³-hybridized carbons (Fsp3) is 0.167. The number of carbonyl (C=O) groups excluding carboxylic acids is 1. The van der Waals surface area contributed by atoms with Gasteiger partial charge >= 0.3 is 5.97 Å². The molecule has 8 heteroatoms. The zero-order chi connectivity index (χ0) is 18.5. The third kappa shape index (κ3) is 3.92. The quantitative estimate of drug-likeness (QED) is 0.539. The van der Waals surface area contributed by atoms with Gasteiger partial charge in [-0.1, -0.05) is 12.1 Å². The molecule has 1 aromatic carbocycles. The minimum Gasteiger partial charge on any atom is -0.485 e. The second kappa shape index (κ2) is 7.56. The van der Waals surface area contributed by atoms with E-state index in [4.69, 9.17) is 14.9 Å². The second-order valence-electron chi connectivity index (χ2n) is 5.41. The van der Waals surface area contributed by atoms with Gasteiger partial charge < -0.3 is 19.6 Å². The third-order valence-electron chi connectivity index (χ3n) is 3.49. The van der Waals surface area contributed by atoms with E-state index in [2.05, 4.69) is 14.8 Å². The summed E-state index contributed by atoms with van der Waals surface area (Å²) in [6.07, 6.45) is 3.36. The summed E-state index contributed by atoms with van der Waals surface area (Å²) in [6.45, 7) is 2.00. The van der Waals surface area contributed by atoms with Crippen molar-refractivity contribution in [1.82, 2.24) is 9.66 Å². The highest BCUT2D eigenvalue weighted by atomic mass is 16.5. The molecule has 2 N–H and O–H groups in total. The van der Waals surface area contributed by atoms with E-state index in [1.807, 2.05) is 31.2 Å². The minimum absolute atomic E-state index is 0.131. The van der Waals surface area contributed by atoms with Gasteiger partial charge in [-0.15, -0.1) is 0 Å². The van der Waals surface area contributed by atoms with Crippen LogP contribution in [-0.4, -0.2) is 29.0 Å². The second-order valence-corrected chi connectivity index (χ2v) is 5.41. The fourth-order valence-electron chi connectivity index (χ4n) is 2.25. The van der Waals surface area contributed by atoms with E-state index >= 15 is 0 Å². The highest BCUT2D eigenvalue weighted by Crippen LogP contribution is 2.19. The summed E-state index contributed by atoms with van der Waals surface area (Å²) >= 11 is 0. The molecule has 2 aromatic heterocycles. The molecular weight excluding hydrogens is 336 g/mol. The van der Waals surface area contributed by atoms with E-state index < -0.39 is 5.97 Å². The lowest BCUT2D eigenvalue weighted by Crippen LogP contribution is -2.00. The summed E-state index contributed by atoms with van der Waals surface area (Å²) in [7, 11) is 1.30. The number of nitrogen functional groups attached to an aromatic ring is 1. The van der Waals surface area contributed by atoms with Gasteiger partial charge in [0.25, 0.3) is 0 Å². The van der Waals surface area contributed by atoms with Gasteiger partial charge in [0.1, 0.15) is 18.1 Å². The van der Waals surface area contributed by atoms with Gasteiger partial charge in [-0.25, -0.2) is 14.5 Å². The van der Waals surface area contributed by atoms with E-state index in [1.54, 1.807) is 24.5 Å². The first-order valence-electron chi connectivity index (χ1n) is 7.81. The average molecular weight is 354 g/mol. The molecule has 3 aromatic rings. The van der Waals surface area contributed by atoms with E-state index in [-0.39, 0.29) is 12.4 Å². The number of imidazole rings is 1. The molecule has 0 aliphatic carbocycles. The first kappa shape index (κ1) is 17.3. The van der Waals surface area contributed by atoms with Crippen molar-refractivity contribution in [3.05, 3.63) is 65.4 Å². The number of hydrogen-bond donors (Lipinski definition) is 1. The number of hydrogen-bond acceptors (Lipinski definition) is 7. The number of anilines is 1. The number of nitrogens with zero attached hydrogens (tertiary/aromatic N) is 3. The summed E-state index contributed by atoms with van der Waals surface area (Å²) in [5.74, 6) is 1.03. The monoisotopic (exact) mass is 354 g/mol. The lowest BCUT2D eigenvalue weighted by molar-refractivity contribution is 0.0561. The van der Waals surface area contributed by atoms with Crippen LogP contribution in [0.25, 0.3) is 0 Å². The molecule has 0 bridgehead atoms. The first-order chi connectivity index (χ1) is 12.6. The number of aryl methyl sites for hydroxylation is 1. The summed E-state index contributed by atoms with van der Waals surface area (Å²) in [5.41, 5.74) is 7.32. The number of esters is 1. The van der Waals surface area contributed by atoms with Gasteiger partial charge in [-0.2, -0.15) is 5.10 Å². The van der Waals surface area contributed by atoms with Crippen molar-refractivity contribution in [3.63, 3.8) is 0 Å². The van der Waals surface area contributed by atoms with Crippen LogP contribution in [0.5, 0.6) is 5.75 Å². The highest BCUT2D eigenvalue weighted by molar-refractivity contribution is 5.86. The Kier molecular flexibility index (Phi) is 5.02. The predicted octanol–water partition coefficient (Wildman–Crippen LogP) is 2.61. The van der Waals surface area contributed by atoms with Crippen LogP contribution in [0.1, 0.15) is 27.6 Å². The largest absolute Gasteiger partial charge is 0.485 e. The van der Waals surface area contributed by atoms with Crippen LogP contribution in [0, 0.1) is 6.92 Å². The number of carbonyl (C=O) groups is 1. The smallest absolute Gasteiger partial charge is 0.373 e. The zero-order valence-corrected chi connectivity index (χ0v) is 14.4. The third-order valence-corrected chi connectivity index (χ3v) is 3.49. The first-order valence-corrected chi connectivity index (χ1v) is 7.81. The number of para-hydroxylation sites is 1. The molecule has 0 radical (unpaired) electrons. The van der Waals surface area contributed by atoms with Crippen molar-refractivity contribution in [2.24, 2.45) is 5.10 Å². The zero-order valence-electron chi connectivity index (χ0n) is 14.4. The van der Waals surface area contributed by atoms with E-state index in [0.29, 0.717) is 17.5 Å². The molecule has 3 rings (SSSR count). The Bertz CT molecular complexity index is 942. The lowest BCUT2D eigenvalue weighted by Gasteiger charge is -2.07. The van der Waals surface area contributed by atoms with Crippen molar-refractivity contribution in [2.75, 3.05) is 12.8 Å². The maximum absolute atomic E-state index is 11.4. The summed E-state index contributed by atoms with van der Waals surface area (Å²) < 4.78 is 17.3. The number of rotatable bonds is 6. The minimum atomic E-state index is -0.531. The number of methoxy groups -OCH3 is 1. The molecule has 2 heterocycles. The number of benzene rings is 1. The van der Waals surface area contributed by atoms with E-state index in [0.717, 1.165) is 11.3 Å². The van der Waals surface area contributed by atoms with Gasteiger partial charge in [0.05, 0.1) is 25.2 Å². The predicted molar refractivity (Wildman–Crippen MR) is 95.2 cm³/mol. The summed E-state index contributed by atoms with van der Waals surface area (Å²) in [4.78, 5) is 15.5. The van der Waals surface area contributed by atoms with Gasteiger partial charge in [-0.3, -0.25) is 0 Å². The van der Waals surface area contributed by atoms with Crippen LogP contribution in [-0.2, 0) is 11.3 Å². The molecule has 0 spiro atoms. The molecule has 0 fully saturated rings. The molecule has 8 nitrogen and oxygen atoms in total. The maximum Gasteiger partial charge on any atom is 0.373 e. The lowest BCUT2D eigenvalue weighted by atomic mass is 10.2. The van der Waals surface area contributed by atoms with Gasteiger partial charge in [-0.05, 0) is 31.2 Å². The SMILES string of the molecule is COC(=O)c1ccc(COc2ccccc2C=Nn2cc(C)nc2N)o1. The van der Waals surface area contributed by atoms with Crippen LogP contribution < -0.4 is 10.5 Å². The van der Waals surface area contributed by atoms with Gasteiger partial charge in [0.15, 0.2) is 0 Å². The summed E-state index contributed by atoms with van der Waals surface area (Å²) in [5, 5.41) is 4.29. The Hall–Kier alpha value is -3.55. The standard InChI is InChI=1S/C18H18N4O4/c1-12-10-22(18(19)21-12)20-9-13-5-3-4-6-15(13)25-11-14-7-8-16(26-14)17(23)24-2/h3-10H,11H2,1-2H3,(H2,19,21). The van der Waals surface area contributed by atoms with Gasteiger partial charge in [0, 0.05) is 5.56 Å². The fourth-order valence-corrected chi connectivity index (χ4v) is 2.25. The molecule has 0 aliphatic rings. The number of aromatic nitrogens is 2. The summed E-state index contributed by atoms with van der Waals surface area (Å²) in [6, 6.07) is 10.6. The molecule has 0 saturated heterocycles. The topological polar surface area (TPSA) is 105 Å². The molecular formula is C18H18N4O4. The molecule has 0 unspecified atom stereocenters. The van der Waals surface area contributed by atoms with Crippen LogP contribution in [0.3, 0.4) is 0 Å². The normalized spacial score (nSPS) is 11.0. The van der Waals surface area contributed by atoms with Crippen molar-refractivity contribution < 1.29 is 18.7 Å².